The molecule has 5 rings (SSSR count). The van der Waals surface area contributed by atoms with Crippen LogP contribution in [0.5, 0.6) is 0 Å². The first-order valence-electron chi connectivity index (χ1n) is 15.5. The number of sulfonamides is 1. The lowest BCUT2D eigenvalue weighted by molar-refractivity contribution is -0.122. The molecule has 280 valence electrons. The summed E-state index contributed by atoms with van der Waals surface area (Å²) in [6, 6.07) is 7.83. The predicted molar refractivity (Wildman–Crippen MR) is 184 cm³/mol. The largest absolute Gasteiger partial charge is 0.378 e. The zero-order valence-corrected chi connectivity index (χ0v) is 29.8. The van der Waals surface area contributed by atoms with Gasteiger partial charge in [-0.05, 0) is 68.2 Å². The van der Waals surface area contributed by atoms with Crippen molar-refractivity contribution >= 4 is 44.3 Å². The third-order valence-corrected chi connectivity index (χ3v) is 8.41. The summed E-state index contributed by atoms with van der Waals surface area (Å²) in [6.45, 7) is 1.89. The second-order valence-electron chi connectivity index (χ2n) is 12.5. The molecule has 3 aromatic heterocycles. The summed E-state index contributed by atoms with van der Waals surface area (Å²) in [5, 5.41) is 20.9. The molecular weight excluding hydrogens is 752 g/mol. The van der Waals surface area contributed by atoms with E-state index in [1.54, 1.807) is 12.1 Å². The molecule has 11 nitrogen and oxygen atoms in total. The van der Waals surface area contributed by atoms with Crippen LogP contribution in [0.3, 0.4) is 0 Å². The van der Waals surface area contributed by atoms with Gasteiger partial charge in [0.2, 0.25) is 15.9 Å². The van der Waals surface area contributed by atoms with E-state index in [0.717, 1.165) is 18.4 Å². The molecule has 19 heteroatoms. The first-order valence-corrected chi connectivity index (χ1v) is 17.7. The number of benzene rings is 2. The van der Waals surface area contributed by atoms with Crippen molar-refractivity contribution in [2.75, 3.05) is 11.0 Å². The first-order chi connectivity index (χ1) is 24.7. The van der Waals surface area contributed by atoms with Crippen molar-refractivity contribution in [3.8, 4) is 23.0 Å². The molecule has 0 saturated carbocycles. The zero-order valence-electron chi connectivity index (χ0n) is 28.2. The highest BCUT2D eigenvalue weighted by Crippen LogP contribution is 2.40. The van der Waals surface area contributed by atoms with Gasteiger partial charge in [-0.1, -0.05) is 23.6 Å². The van der Waals surface area contributed by atoms with Crippen LogP contribution in [0, 0.1) is 23.5 Å². The van der Waals surface area contributed by atoms with Gasteiger partial charge in [-0.3, -0.25) is 18.9 Å². The lowest BCUT2D eigenvalue weighted by Gasteiger charge is -2.23. The van der Waals surface area contributed by atoms with E-state index in [1.165, 1.54) is 37.7 Å². The molecule has 0 aliphatic carbocycles. The number of anilines is 1. The maximum absolute atomic E-state index is 14.4. The molecule has 0 spiro atoms. The molecule has 5 aromatic rings. The summed E-state index contributed by atoms with van der Waals surface area (Å²) in [6.07, 6.45) is -5.90. The third-order valence-electron chi connectivity index (χ3n) is 7.53. The number of carbonyl (C=O) groups excluding carboxylic acids is 1. The topological polar surface area (TPSA) is 144 Å². The van der Waals surface area contributed by atoms with Crippen molar-refractivity contribution < 1.29 is 44.7 Å². The van der Waals surface area contributed by atoms with Crippen LogP contribution in [0.15, 0.2) is 48.5 Å². The average molecular weight is 782 g/mol. The van der Waals surface area contributed by atoms with Crippen LogP contribution >= 0.6 is 11.6 Å². The van der Waals surface area contributed by atoms with E-state index in [2.05, 4.69) is 37.1 Å². The number of halogens is 7. The van der Waals surface area contributed by atoms with Crippen LogP contribution in [0.4, 0.5) is 32.2 Å². The van der Waals surface area contributed by atoms with E-state index in [0.29, 0.717) is 27.9 Å². The molecule has 3 heterocycles. The summed E-state index contributed by atoms with van der Waals surface area (Å²) in [4.78, 5) is 18.2. The summed E-state index contributed by atoms with van der Waals surface area (Å²) in [5.74, 6) is 2.34. The molecule has 0 aliphatic rings. The minimum Gasteiger partial charge on any atom is -0.378 e. The third kappa shape index (κ3) is 9.47. The number of hydrogen-bond acceptors (Lipinski definition) is 7. The van der Waals surface area contributed by atoms with E-state index in [9.17, 15) is 44.7 Å². The molecule has 1 atom stereocenters. The predicted octanol–water partition coefficient (Wildman–Crippen LogP) is 6.23. The molecule has 53 heavy (non-hydrogen) atoms. The molecule has 0 bridgehead atoms. The Bertz CT molecular complexity index is 2360. The Morgan fingerprint density at radius 2 is 1.66 bits per heavy atom. The van der Waals surface area contributed by atoms with Gasteiger partial charge in [0.1, 0.15) is 40.9 Å². The Hall–Kier alpha value is -5.12. The molecular formula is C34H30ClF6N7O4S. The minimum atomic E-state index is -3.82. The maximum atomic E-state index is 14.4. The summed E-state index contributed by atoms with van der Waals surface area (Å²) < 4.78 is 111. The van der Waals surface area contributed by atoms with Crippen molar-refractivity contribution in [1.29, 1.82) is 0 Å². The van der Waals surface area contributed by atoms with Crippen LogP contribution in [0.1, 0.15) is 61.1 Å². The smallest absolute Gasteiger partial charge is 0.282 e. The van der Waals surface area contributed by atoms with Gasteiger partial charge in [-0.15, -0.1) is 0 Å². The Kier molecular flexibility index (Phi) is 11.1. The fraction of sp³-hybridized carbons (Fsp3) is 0.294. The van der Waals surface area contributed by atoms with Crippen molar-refractivity contribution in [2.24, 2.45) is 7.05 Å². The van der Waals surface area contributed by atoms with E-state index in [1.807, 2.05) is 0 Å². The highest BCUT2D eigenvalue weighted by atomic mass is 35.5. The molecule has 0 fully saturated rings. The number of carbonyl (C=O) groups is 1. The van der Waals surface area contributed by atoms with Crippen molar-refractivity contribution in [3.05, 3.63) is 93.5 Å². The maximum Gasteiger partial charge on any atom is 0.282 e. The lowest BCUT2D eigenvalue weighted by Crippen LogP contribution is -2.34. The summed E-state index contributed by atoms with van der Waals surface area (Å²) in [5.41, 5.74) is -2.39. The molecule has 1 amide bonds. The molecule has 0 unspecified atom stereocenters. The first kappa shape index (κ1) is 39.1. The molecule has 0 radical (unpaired) electrons. The number of nitrogens with zero attached hydrogens (tertiary/aromatic N) is 5. The summed E-state index contributed by atoms with van der Waals surface area (Å²) in [7, 11) is -2.31. The van der Waals surface area contributed by atoms with Gasteiger partial charge in [-0.25, -0.2) is 39.7 Å². The second kappa shape index (κ2) is 15.1. The van der Waals surface area contributed by atoms with E-state index in [-0.39, 0.29) is 45.2 Å². The number of nitrogens with one attached hydrogen (secondary N) is 2. The van der Waals surface area contributed by atoms with Gasteiger partial charge in [0.05, 0.1) is 33.9 Å². The number of rotatable bonds is 11. The molecule has 0 aliphatic heterocycles. The molecule has 3 N–H and O–H groups in total. The van der Waals surface area contributed by atoms with Crippen LogP contribution in [-0.2, 0) is 34.8 Å². The monoisotopic (exact) mass is 781 g/mol. The van der Waals surface area contributed by atoms with Gasteiger partial charge in [0, 0.05) is 24.2 Å². The highest BCUT2D eigenvalue weighted by molar-refractivity contribution is 7.92. The van der Waals surface area contributed by atoms with Crippen molar-refractivity contribution in [3.63, 3.8) is 0 Å². The quantitative estimate of drug-likeness (QED) is 0.107. The van der Waals surface area contributed by atoms with Gasteiger partial charge < -0.3 is 10.4 Å². The van der Waals surface area contributed by atoms with E-state index < -0.39 is 70.0 Å². The van der Waals surface area contributed by atoms with Gasteiger partial charge >= 0.3 is 0 Å². The highest BCUT2D eigenvalue weighted by Gasteiger charge is 2.28. The number of alkyl halides is 4. The number of aromatic nitrogens is 5. The Labute approximate surface area is 304 Å². The van der Waals surface area contributed by atoms with Gasteiger partial charge in [-0.2, -0.15) is 10.2 Å². The Morgan fingerprint density at radius 1 is 1.00 bits per heavy atom. The number of amides is 1. The standard InChI is InChI=1S/C34H30ClF6N7O4S/c1-34(2,50)10-9-20-5-6-21(22-7-8-23(35)28-30(22)47(3)45-33(28)46-53(4,51)52)29(42-20)24(13-17-11-18(36)14-19(37)12-17)43-27(49)16-48-26(32(40)41)15-25(44-48)31(38)39/h5-8,11-12,14-15,24,31-32,50H,13,16H2,1-4H3,(H,43,49)(H,45,46)/t24-/m0/s1. The van der Waals surface area contributed by atoms with Crippen LogP contribution in [-0.4, -0.2) is 55.8 Å². The van der Waals surface area contributed by atoms with E-state index >= 15 is 0 Å². The Balaban J connectivity index is 1.73. The Morgan fingerprint density at radius 3 is 2.26 bits per heavy atom. The number of aryl methyl sites for hydroxylation is 1. The van der Waals surface area contributed by atoms with Crippen molar-refractivity contribution in [1.82, 2.24) is 29.9 Å². The number of fused-ring (bicyclic) bond motifs is 1. The van der Waals surface area contributed by atoms with Gasteiger partial charge in [0.15, 0.2) is 5.82 Å². The van der Waals surface area contributed by atoms with Crippen LogP contribution in [0.2, 0.25) is 5.02 Å². The molecule has 0 saturated heterocycles. The molecule has 2 aromatic carbocycles. The van der Waals surface area contributed by atoms with E-state index in [4.69, 9.17) is 11.6 Å². The van der Waals surface area contributed by atoms with Crippen LogP contribution < -0.4 is 10.0 Å². The number of hydrogen-bond donors (Lipinski definition) is 3. The minimum absolute atomic E-state index is 0.0100. The fourth-order valence-electron chi connectivity index (χ4n) is 5.51. The second-order valence-corrected chi connectivity index (χ2v) is 14.6. The number of pyridine rings is 1. The average Bonchev–Trinajstić information content (AvgIpc) is 3.60. The zero-order chi connectivity index (χ0) is 39.0. The lowest BCUT2D eigenvalue weighted by atomic mass is 9.93. The van der Waals surface area contributed by atoms with Crippen LogP contribution in [0.25, 0.3) is 22.0 Å². The summed E-state index contributed by atoms with van der Waals surface area (Å²) >= 11 is 6.53. The number of aliphatic hydroxyl groups is 1. The van der Waals surface area contributed by atoms with Crippen molar-refractivity contribution in [2.45, 2.75) is 51.3 Å². The SMILES string of the molecule is Cn1nc(NS(C)(=O)=O)c2c(Cl)ccc(-c3ccc(C#CC(C)(C)O)nc3[C@H](Cc3cc(F)cc(F)c3)NC(=O)Cn3nc(C(F)F)cc3C(F)F)c21. The normalized spacial score (nSPS) is 12.6. The fourth-order valence-corrected chi connectivity index (χ4v) is 6.25. The van der Waals surface area contributed by atoms with Gasteiger partial charge in [0.25, 0.3) is 12.9 Å².